The first kappa shape index (κ1) is 21.9. The minimum Gasteiger partial charge on any atom is -0.252 e. The molecule has 7 aromatic rings. The Morgan fingerprint density at radius 3 is 1.00 bits per heavy atom. The Morgan fingerprint density at radius 1 is 0.417 bits per heavy atom. The Morgan fingerprint density at radius 2 is 0.722 bits per heavy atom. The molecule has 0 N–H and O–H groups in total. The molecule has 0 bridgehead atoms. The molecule has 0 radical (unpaired) electrons. The summed E-state index contributed by atoms with van der Waals surface area (Å²) in [5.74, 6) is 0. The molecular formula is C33H33N3. The molecule has 0 aliphatic rings. The molecule has 0 fully saturated rings. The number of hydrogen-bond acceptors (Lipinski definition) is 3. The van der Waals surface area contributed by atoms with E-state index in [9.17, 15) is 0 Å². The molecule has 4 aromatic carbocycles. The SMILES string of the molecule is CCCCc1nc2ccc3c(CCCC)nc4ccc5c(CCCC)nc6ccc1c1c6c5c4c3c21. The van der Waals surface area contributed by atoms with Gasteiger partial charge in [0.2, 0.25) is 0 Å². The maximum Gasteiger partial charge on any atom is 0.0718 e. The average Bonchev–Trinajstić information content (AvgIpc) is 2.91. The minimum absolute atomic E-state index is 1.02. The van der Waals surface area contributed by atoms with E-state index in [1.807, 2.05) is 0 Å². The number of unbranched alkanes of at least 4 members (excludes halogenated alkanes) is 3. The maximum absolute atomic E-state index is 5.28. The van der Waals surface area contributed by atoms with E-state index in [1.54, 1.807) is 0 Å². The van der Waals surface area contributed by atoms with Crippen molar-refractivity contribution in [2.75, 3.05) is 0 Å². The fraction of sp³-hybridized carbons (Fsp3) is 0.364. The Hall–Kier alpha value is -3.33. The molecule has 7 rings (SSSR count). The highest BCUT2D eigenvalue weighted by molar-refractivity contribution is 6.43. The number of aromatic nitrogens is 3. The third-order valence-corrected chi connectivity index (χ3v) is 8.30. The van der Waals surface area contributed by atoms with Crippen molar-refractivity contribution in [3.63, 3.8) is 0 Å². The normalized spacial score (nSPS) is 12.8. The van der Waals surface area contributed by atoms with Gasteiger partial charge in [-0.1, -0.05) is 58.2 Å². The van der Waals surface area contributed by atoms with Gasteiger partial charge in [0.1, 0.15) is 0 Å². The van der Waals surface area contributed by atoms with Crippen molar-refractivity contribution < 1.29 is 0 Å². The van der Waals surface area contributed by atoms with Crippen LogP contribution in [0.4, 0.5) is 0 Å². The van der Waals surface area contributed by atoms with Crippen molar-refractivity contribution in [2.24, 2.45) is 0 Å². The van der Waals surface area contributed by atoms with E-state index >= 15 is 0 Å². The summed E-state index contributed by atoms with van der Waals surface area (Å²) < 4.78 is 0. The highest BCUT2D eigenvalue weighted by Gasteiger charge is 2.25. The van der Waals surface area contributed by atoms with Crippen LogP contribution < -0.4 is 0 Å². The number of nitrogens with zero attached hydrogens (tertiary/aromatic N) is 3. The fourth-order valence-corrected chi connectivity index (χ4v) is 6.54. The van der Waals surface area contributed by atoms with Crippen molar-refractivity contribution in [1.82, 2.24) is 15.0 Å². The second kappa shape index (κ2) is 8.37. The van der Waals surface area contributed by atoms with Gasteiger partial charge in [0.25, 0.3) is 0 Å². The molecule has 0 aliphatic carbocycles. The Bertz CT molecular complexity index is 1600. The topological polar surface area (TPSA) is 38.7 Å². The summed E-state index contributed by atoms with van der Waals surface area (Å²) in [5, 5.41) is 12.0. The van der Waals surface area contributed by atoms with Crippen molar-refractivity contribution >= 4 is 65.0 Å². The number of hydrogen-bond donors (Lipinski definition) is 0. The molecule has 3 heteroatoms. The van der Waals surface area contributed by atoms with Gasteiger partial charge in [-0.3, -0.25) is 15.0 Å². The van der Waals surface area contributed by atoms with Crippen LogP contribution in [0.5, 0.6) is 0 Å². The van der Waals surface area contributed by atoms with E-state index in [0.717, 1.165) is 55.1 Å². The van der Waals surface area contributed by atoms with Gasteiger partial charge in [-0.25, -0.2) is 0 Å². The van der Waals surface area contributed by atoms with Gasteiger partial charge in [0.15, 0.2) is 0 Å². The Labute approximate surface area is 211 Å². The molecule has 0 saturated carbocycles. The quantitative estimate of drug-likeness (QED) is 0.156. The first-order chi connectivity index (χ1) is 17.7. The standard InChI is InChI=1S/C33H33N3/c1-4-7-10-22-19-13-16-26-32-28(19)31-25(34-22)17-14-20-23(11-8-5-2)36-27-18-15-21(24(35-26)12-9-6-3)30(32)33(27)29(20)31/h13-18H,4-12H2,1-3H3. The molecule has 3 aromatic heterocycles. The number of aryl methyl sites for hydroxylation is 3. The predicted octanol–water partition coefficient (Wildman–Crippen LogP) is 9.13. The monoisotopic (exact) mass is 471 g/mol. The first-order valence-corrected chi connectivity index (χ1v) is 14.0. The highest BCUT2D eigenvalue weighted by atomic mass is 14.7. The van der Waals surface area contributed by atoms with Gasteiger partial charge in [-0.15, -0.1) is 0 Å². The van der Waals surface area contributed by atoms with Crippen molar-refractivity contribution in [2.45, 2.75) is 78.6 Å². The fourth-order valence-electron chi connectivity index (χ4n) is 6.54. The van der Waals surface area contributed by atoms with E-state index < -0.39 is 0 Å². The van der Waals surface area contributed by atoms with Gasteiger partial charge >= 0.3 is 0 Å². The average molecular weight is 472 g/mol. The minimum atomic E-state index is 1.02. The zero-order chi connectivity index (χ0) is 24.4. The van der Waals surface area contributed by atoms with Crippen molar-refractivity contribution in [1.29, 1.82) is 0 Å². The molecule has 0 amide bonds. The maximum atomic E-state index is 5.28. The number of pyridine rings is 3. The van der Waals surface area contributed by atoms with Crippen LogP contribution in [0, 0.1) is 0 Å². The van der Waals surface area contributed by atoms with Crippen LogP contribution in [-0.2, 0) is 19.3 Å². The second-order valence-corrected chi connectivity index (χ2v) is 10.6. The van der Waals surface area contributed by atoms with Crippen molar-refractivity contribution in [3.8, 4) is 0 Å². The summed E-state index contributed by atoms with van der Waals surface area (Å²) in [5.41, 5.74) is 7.08. The summed E-state index contributed by atoms with van der Waals surface area (Å²) in [4.78, 5) is 15.8. The summed E-state index contributed by atoms with van der Waals surface area (Å²) in [6, 6.07) is 13.7. The highest BCUT2D eigenvalue weighted by Crippen LogP contribution is 2.48. The van der Waals surface area contributed by atoms with Crippen LogP contribution in [0.25, 0.3) is 65.0 Å². The summed E-state index contributed by atoms with van der Waals surface area (Å²) >= 11 is 0. The Kier molecular flexibility index (Phi) is 5.09. The van der Waals surface area contributed by atoms with E-state index in [-0.39, 0.29) is 0 Å². The lowest BCUT2D eigenvalue weighted by Crippen LogP contribution is -2.03. The molecule has 180 valence electrons. The van der Waals surface area contributed by atoms with E-state index in [0.29, 0.717) is 0 Å². The predicted molar refractivity (Wildman–Crippen MR) is 154 cm³/mol. The number of rotatable bonds is 9. The van der Waals surface area contributed by atoms with E-state index in [4.69, 9.17) is 15.0 Å². The molecule has 0 aliphatic heterocycles. The zero-order valence-electron chi connectivity index (χ0n) is 21.7. The van der Waals surface area contributed by atoms with Gasteiger partial charge < -0.3 is 0 Å². The molecule has 36 heavy (non-hydrogen) atoms. The lowest BCUT2D eigenvalue weighted by atomic mass is 9.84. The lowest BCUT2D eigenvalue weighted by Gasteiger charge is -2.23. The molecule has 0 atom stereocenters. The van der Waals surface area contributed by atoms with Crippen LogP contribution in [-0.4, -0.2) is 15.0 Å². The molecule has 3 nitrogen and oxygen atoms in total. The van der Waals surface area contributed by atoms with E-state index in [2.05, 4.69) is 57.2 Å². The van der Waals surface area contributed by atoms with Crippen LogP contribution in [0.3, 0.4) is 0 Å². The number of benzene rings is 4. The zero-order valence-corrected chi connectivity index (χ0v) is 21.7. The van der Waals surface area contributed by atoms with Crippen LogP contribution in [0.15, 0.2) is 36.4 Å². The van der Waals surface area contributed by atoms with Crippen LogP contribution in [0.2, 0.25) is 0 Å². The molecule has 0 saturated heterocycles. The Balaban J connectivity index is 1.73. The summed E-state index contributed by atoms with van der Waals surface area (Å²) in [6.45, 7) is 6.79. The third-order valence-electron chi connectivity index (χ3n) is 8.30. The van der Waals surface area contributed by atoms with Crippen LogP contribution in [0.1, 0.15) is 76.4 Å². The molecule has 0 unspecified atom stereocenters. The van der Waals surface area contributed by atoms with Crippen molar-refractivity contribution in [3.05, 3.63) is 53.5 Å². The van der Waals surface area contributed by atoms with Gasteiger partial charge in [0.05, 0.1) is 16.6 Å². The third kappa shape index (κ3) is 2.95. The molecule has 3 heterocycles. The smallest absolute Gasteiger partial charge is 0.0718 e. The van der Waals surface area contributed by atoms with Gasteiger partial charge in [-0.2, -0.15) is 0 Å². The van der Waals surface area contributed by atoms with Crippen LogP contribution >= 0.6 is 0 Å². The molecule has 0 spiro atoms. The lowest BCUT2D eigenvalue weighted by molar-refractivity contribution is 0.784. The largest absolute Gasteiger partial charge is 0.252 e. The van der Waals surface area contributed by atoms with E-state index in [1.165, 1.54) is 84.8 Å². The second-order valence-electron chi connectivity index (χ2n) is 10.6. The van der Waals surface area contributed by atoms with Gasteiger partial charge in [-0.05, 0) is 56.7 Å². The van der Waals surface area contributed by atoms with Gasteiger partial charge in [0, 0.05) is 65.6 Å². The summed E-state index contributed by atoms with van der Waals surface area (Å²) in [7, 11) is 0. The first-order valence-electron chi connectivity index (χ1n) is 14.0. The molecular weight excluding hydrogens is 438 g/mol. The summed E-state index contributed by atoms with van der Waals surface area (Å²) in [6.07, 6.45) is 10.1.